The highest BCUT2D eigenvalue weighted by atomic mass is 16.5. The lowest BCUT2D eigenvalue weighted by atomic mass is 10.2. The van der Waals surface area contributed by atoms with Gasteiger partial charge in [-0.25, -0.2) is 9.98 Å². The second-order valence-corrected chi connectivity index (χ2v) is 7.04. The van der Waals surface area contributed by atoms with Crippen molar-refractivity contribution in [3.8, 4) is 0 Å². The van der Waals surface area contributed by atoms with Gasteiger partial charge in [-0.05, 0) is 18.1 Å². The van der Waals surface area contributed by atoms with Gasteiger partial charge in [-0.1, -0.05) is 26.7 Å². The van der Waals surface area contributed by atoms with Gasteiger partial charge in [0.1, 0.15) is 12.3 Å². The van der Waals surface area contributed by atoms with Crippen LogP contribution < -0.4 is 0 Å². The van der Waals surface area contributed by atoms with Crippen LogP contribution in [0.1, 0.15) is 52.2 Å². The van der Waals surface area contributed by atoms with Crippen molar-refractivity contribution in [3.05, 3.63) is 6.33 Å². The lowest BCUT2D eigenvalue weighted by molar-refractivity contribution is -0.0432. The molecule has 1 aliphatic rings. The molecule has 3 rings (SSSR count). The van der Waals surface area contributed by atoms with Gasteiger partial charge in [0.05, 0.1) is 25.4 Å². The summed E-state index contributed by atoms with van der Waals surface area (Å²) in [6, 6.07) is 0. The molecule has 1 saturated heterocycles. The zero-order valence-electron chi connectivity index (χ0n) is 16.5. The van der Waals surface area contributed by atoms with E-state index in [2.05, 4.69) is 44.1 Å². The molecule has 0 bridgehead atoms. The first-order chi connectivity index (χ1) is 13.7. The third-order valence-corrected chi connectivity index (χ3v) is 4.89. The number of hydrogen-bond acceptors (Lipinski definition) is 8. The van der Waals surface area contributed by atoms with Crippen LogP contribution >= 0.6 is 0 Å². The molecule has 1 fully saturated rings. The second-order valence-electron chi connectivity index (χ2n) is 7.04. The van der Waals surface area contributed by atoms with Crippen molar-refractivity contribution in [1.82, 2.24) is 29.9 Å². The maximum Gasteiger partial charge on any atom is 0.207 e. The van der Waals surface area contributed by atoms with Gasteiger partial charge in [0.2, 0.25) is 5.82 Å². The van der Waals surface area contributed by atoms with Crippen LogP contribution in [0.15, 0.2) is 11.3 Å². The van der Waals surface area contributed by atoms with Crippen molar-refractivity contribution in [2.75, 3.05) is 19.7 Å². The number of nitrogens with zero attached hydrogens (tertiary/aromatic N) is 7. The van der Waals surface area contributed by atoms with Crippen LogP contribution in [0.2, 0.25) is 0 Å². The summed E-state index contributed by atoms with van der Waals surface area (Å²) in [5.41, 5.74) is 1.02. The number of aromatic nitrogens is 5. The Kier molecular flexibility index (Phi) is 7.24. The van der Waals surface area contributed by atoms with Crippen LogP contribution in [0.5, 0.6) is 0 Å². The third kappa shape index (κ3) is 4.62. The minimum atomic E-state index is -0.731. The lowest BCUT2D eigenvalue weighted by Gasteiger charge is -2.18. The second kappa shape index (κ2) is 9.85. The molecule has 2 N–H and O–H groups in total. The molecule has 0 spiro atoms. The molecule has 0 amide bonds. The zero-order valence-corrected chi connectivity index (χ0v) is 16.5. The van der Waals surface area contributed by atoms with Gasteiger partial charge in [0.25, 0.3) is 0 Å². The van der Waals surface area contributed by atoms with Crippen molar-refractivity contribution < 1.29 is 14.9 Å². The standard InChI is InChI=1S/C18H29N7O3/c1-3-5-7-24(8-6-4-2)11-20-17-16-18(22-23-21-17)25(12-19-16)15-9-13(27)14(10-26)28-15/h11-15,26-27H,3-10H2,1-2H3/b20-11+/t13-,14+,15+/m0/s1. The number of aliphatic hydroxyl groups is 2. The Balaban J connectivity index is 1.80. The summed E-state index contributed by atoms with van der Waals surface area (Å²) < 4.78 is 7.39. The summed E-state index contributed by atoms with van der Waals surface area (Å²) >= 11 is 0. The summed E-state index contributed by atoms with van der Waals surface area (Å²) in [4.78, 5) is 11.1. The first kappa shape index (κ1) is 20.6. The Morgan fingerprint density at radius 3 is 2.68 bits per heavy atom. The van der Waals surface area contributed by atoms with Crippen molar-refractivity contribution >= 4 is 23.3 Å². The fraction of sp³-hybridized carbons (Fsp3) is 0.722. The highest BCUT2D eigenvalue weighted by Crippen LogP contribution is 2.31. The maximum absolute atomic E-state index is 9.98. The number of unbranched alkanes of at least 4 members (excludes halogenated alkanes) is 2. The monoisotopic (exact) mass is 391 g/mol. The Morgan fingerprint density at radius 2 is 2.04 bits per heavy atom. The molecule has 0 radical (unpaired) electrons. The molecule has 0 unspecified atom stereocenters. The molecular formula is C18H29N7O3. The molecule has 2 aromatic rings. The Morgan fingerprint density at radius 1 is 1.29 bits per heavy atom. The Labute approximate surface area is 164 Å². The van der Waals surface area contributed by atoms with E-state index in [4.69, 9.17) is 4.74 Å². The molecule has 0 saturated carbocycles. The van der Waals surface area contributed by atoms with Gasteiger partial charge in [0.15, 0.2) is 11.2 Å². The SMILES string of the molecule is CCCCN(/C=N/c1nnnc2c1ncn2[C@H]1C[C@H](O)[C@@H](CO)O1)CCCC. The van der Waals surface area contributed by atoms with Gasteiger partial charge in [-0.3, -0.25) is 4.57 Å². The average Bonchev–Trinajstić information content (AvgIpc) is 3.30. The largest absolute Gasteiger partial charge is 0.394 e. The number of rotatable bonds is 10. The van der Waals surface area contributed by atoms with E-state index < -0.39 is 18.4 Å². The Bertz CT molecular complexity index is 774. The molecule has 1 aliphatic heterocycles. The number of hydrogen-bond donors (Lipinski definition) is 2. The first-order valence-electron chi connectivity index (χ1n) is 9.96. The molecule has 3 heterocycles. The summed E-state index contributed by atoms with van der Waals surface area (Å²) in [6.45, 7) is 6.00. The normalized spacial score (nSPS) is 22.5. The topological polar surface area (TPSA) is 122 Å². The molecule has 0 aromatic carbocycles. The van der Waals surface area contributed by atoms with E-state index in [0.29, 0.717) is 23.4 Å². The van der Waals surface area contributed by atoms with Crippen LogP contribution in [0.4, 0.5) is 5.82 Å². The van der Waals surface area contributed by atoms with Gasteiger partial charge in [-0.2, -0.15) is 0 Å². The maximum atomic E-state index is 9.98. The van der Waals surface area contributed by atoms with Gasteiger partial charge < -0.3 is 19.8 Å². The van der Waals surface area contributed by atoms with Crippen LogP contribution in [0.25, 0.3) is 11.2 Å². The highest BCUT2D eigenvalue weighted by Gasteiger charge is 2.35. The number of imidazole rings is 1. The molecule has 28 heavy (non-hydrogen) atoms. The van der Waals surface area contributed by atoms with E-state index >= 15 is 0 Å². The molecular weight excluding hydrogens is 362 g/mol. The predicted molar refractivity (Wildman–Crippen MR) is 104 cm³/mol. The van der Waals surface area contributed by atoms with Crippen molar-refractivity contribution in [1.29, 1.82) is 0 Å². The minimum absolute atomic E-state index is 0.238. The molecule has 0 aliphatic carbocycles. The predicted octanol–water partition coefficient (Wildman–Crippen LogP) is 1.42. The molecule has 10 heteroatoms. The number of aliphatic hydroxyl groups excluding tert-OH is 2. The van der Waals surface area contributed by atoms with Gasteiger partial charge >= 0.3 is 0 Å². The third-order valence-electron chi connectivity index (χ3n) is 4.89. The first-order valence-corrected chi connectivity index (χ1v) is 9.96. The van der Waals surface area contributed by atoms with Crippen LogP contribution in [0.3, 0.4) is 0 Å². The van der Waals surface area contributed by atoms with E-state index in [1.807, 2.05) is 6.34 Å². The number of ether oxygens (including phenoxy) is 1. The quantitative estimate of drug-likeness (QED) is 0.461. The van der Waals surface area contributed by atoms with Crippen molar-refractivity contribution in [2.24, 2.45) is 4.99 Å². The fourth-order valence-corrected chi connectivity index (χ4v) is 3.20. The average molecular weight is 391 g/mol. The van der Waals surface area contributed by atoms with E-state index in [1.165, 1.54) is 0 Å². The molecule has 154 valence electrons. The number of aliphatic imine (C=N–C) groups is 1. The van der Waals surface area contributed by atoms with E-state index in [1.54, 1.807) is 10.9 Å². The lowest BCUT2D eigenvalue weighted by Crippen LogP contribution is -2.24. The molecule has 10 nitrogen and oxygen atoms in total. The van der Waals surface area contributed by atoms with Crippen molar-refractivity contribution in [2.45, 2.75) is 64.4 Å². The molecule has 3 atom stereocenters. The molecule has 2 aromatic heterocycles. The van der Waals surface area contributed by atoms with E-state index in [-0.39, 0.29) is 6.61 Å². The van der Waals surface area contributed by atoms with E-state index in [9.17, 15) is 10.2 Å². The zero-order chi connectivity index (χ0) is 19.9. The van der Waals surface area contributed by atoms with Crippen LogP contribution in [-0.4, -0.2) is 78.3 Å². The Hall–Kier alpha value is -2.17. The summed E-state index contributed by atoms with van der Waals surface area (Å²) in [5, 5.41) is 31.2. The van der Waals surface area contributed by atoms with Gasteiger partial charge in [-0.15, -0.1) is 10.2 Å². The van der Waals surface area contributed by atoms with Crippen molar-refractivity contribution in [3.63, 3.8) is 0 Å². The van der Waals surface area contributed by atoms with Crippen LogP contribution in [0, 0.1) is 0 Å². The van der Waals surface area contributed by atoms with E-state index in [0.717, 1.165) is 38.8 Å². The highest BCUT2D eigenvalue weighted by molar-refractivity contribution is 5.82. The summed E-state index contributed by atoms with van der Waals surface area (Å²) in [7, 11) is 0. The smallest absolute Gasteiger partial charge is 0.207 e. The van der Waals surface area contributed by atoms with Crippen LogP contribution in [-0.2, 0) is 4.74 Å². The number of fused-ring (bicyclic) bond motifs is 1. The fourth-order valence-electron chi connectivity index (χ4n) is 3.20. The minimum Gasteiger partial charge on any atom is -0.394 e. The van der Waals surface area contributed by atoms with Gasteiger partial charge in [0, 0.05) is 19.5 Å². The summed E-state index contributed by atoms with van der Waals surface area (Å²) in [6.07, 6.45) is 6.41. The summed E-state index contributed by atoms with van der Waals surface area (Å²) in [5.74, 6) is 0.402.